The predicted octanol–water partition coefficient (Wildman–Crippen LogP) is 3.59. The molecular formula is C18H23NO. The number of rotatable bonds is 6. The second kappa shape index (κ2) is 7.22. The Morgan fingerprint density at radius 3 is 2.20 bits per heavy atom. The lowest BCUT2D eigenvalue weighted by Crippen LogP contribution is -2.12. The zero-order valence-electron chi connectivity index (χ0n) is 12.3. The molecule has 0 atom stereocenters. The molecule has 106 valence electrons. The highest BCUT2D eigenvalue weighted by molar-refractivity contribution is 5.25. The molecule has 0 unspecified atom stereocenters. The van der Waals surface area contributed by atoms with E-state index in [9.17, 15) is 0 Å². The predicted molar refractivity (Wildman–Crippen MR) is 83.4 cm³/mol. The molecule has 0 aliphatic carbocycles. The standard InChI is InChI=1S/C18H23NO/c1-14(2)18-8-6-15(7-9-18)11-19-12-16-4-3-5-17(10-16)13-20/h3-10,14,19-20H,11-13H2,1-2H3. The molecule has 0 aliphatic rings. The van der Waals surface area contributed by atoms with Gasteiger partial charge in [0.25, 0.3) is 0 Å². The molecule has 0 aliphatic heterocycles. The molecule has 2 aromatic carbocycles. The molecule has 0 saturated heterocycles. The van der Waals surface area contributed by atoms with Crippen molar-refractivity contribution in [2.24, 2.45) is 0 Å². The van der Waals surface area contributed by atoms with E-state index in [-0.39, 0.29) is 6.61 Å². The van der Waals surface area contributed by atoms with Gasteiger partial charge in [0.1, 0.15) is 0 Å². The third-order valence-corrected chi connectivity index (χ3v) is 3.48. The smallest absolute Gasteiger partial charge is 0.0681 e. The van der Waals surface area contributed by atoms with E-state index < -0.39 is 0 Å². The first-order valence-electron chi connectivity index (χ1n) is 7.17. The number of benzene rings is 2. The van der Waals surface area contributed by atoms with E-state index in [0.29, 0.717) is 5.92 Å². The monoisotopic (exact) mass is 269 g/mol. The van der Waals surface area contributed by atoms with Crippen LogP contribution in [0.3, 0.4) is 0 Å². The van der Waals surface area contributed by atoms with Gasteiger partial charge < -0.3 is 10.4 Å². The van der Waals surface area contributed by atoms with Gasteiger partial charge in [-0.25, -0.2) is 0 Å². The van der Waals surface area contributed by atoms with Gasteiger partial charge in [0.2, 0.25) is 0 Å². The fraction of sp³-hybridized carbons (Fsp3) is 0.333. The number of nitrogens with one attached hydrogen (secondary N) is 1. The van der Waals surface area contributed by atoms with Crippen molar-refractivity contribution in [3.63, 3.8) is 0 Å². The van der Waals surface area contributed by atoms with Crippen molar-refractivity contribution >= 4 is 0 Å². The summed E-state index contributed by atoms with van der Waals surface area (Å²) < 4.78 is 0. The summed E-state index contributed by atoms with van der Waals surface area (Å²) in [5.74, 6) is 0.582. The Bertz CT molecular complexity index is 531. The summed E-state index contributed by atoms with van der Waals surface area (Å²) in [6.07, 6.45) is 0. The minimum atomic E-state index is 0.102. The van der Waals surface area contributed by atoms with Crippen molar-refractivity contribution in [3.8, 4) is 0 Å². The van der Waals surface area contributed by atoms with Crippen molar-refractivity contribution in [1.82, 2.24) is 5.32 Å². The average Bonchev–Trinajstić information content (AvgIpc) is 2.48. The number of hydrogen-bond acceptors (Lipinski definition) is 2. The molecule has 0 heterocycles. The number of aliphatic hydroxyl groups excluding tert-OH is 1. The largest absolute Gasteiger partial charge is 0.392 e. The van der Waals surface area contributed by atoms with Crippen LogP contribution in [0.1, 0.15) is 42.0 Å². The Morgan fingerprint density at radius 1 is 0.900 bits per heavy atom. The normalized spacial score (nSPS) is 11.0. The van der Waals surface area contributed by atoms with Crippen LogP contribution in [0.15, 0.2) is 48.5 Å². The zero-order valence-corrected chi connectivity index (χ0v) is 12.3. The molecule has 2 aromatic rings. The first-order valence-corrected chi connectivity index (χ1v) is 7.17. The lowest BCUT2D eigenvalue weighted by molar-refractivity contribution is 0.281. The Morgan fingerprint density at radius 2 is 1.55 bits per heavy atom. The van der Waals surface area contributed by atoms with Crippen LogP contribution in [0.5, 0.6) is 0 Å². The topological polar surface area (TPSA) is 32.3 Å². The summed E-state index contributed by atoms with van der Waals surface area (Å²) >= 11 is 0. The lowest BCUT2D eigenvalue weighted by Gasteiger charge is -2.09. The summed E-state index contributed by atoms with van der Waals surface area (Å²) in [5.41, 5.74) is 4.85. The van der Waals surface area contributed by atoms with E-state index in [1.807, 2.05) is 18.2 Å². The Labute approximate surface area is 121 Å². The maximum atomic E-state index is 9.12. The SMILES string of the molecule is CC(C)c1ccc(CNCc2cccc(CO)c2)cc1. The Balaban J connectivity index is 1.86. The first kappa shape index (κ1) is 14.8. The van der Waals surface area contributed by atoms with Gasteiger partial charge in [-0.2, -0.15) is 0 Å². The maximum Gasteiger partial charge on any atom is 0.0681 e. The summed E-state index contributed by atoms with van der Waals surface area (Å²) in [4.78, 5) is 0. The summed E-state index contributed by atoms with van der Waals surface area (Å²) in [6.45, 7) is 6.20. The average molecular weight is 269 g/mol. The van der Waals surface area contributed by atoms with Crippen LogP contribution >= 0.6 is 0 Å². The fourth-order valence-electron chi connectivity index (χ4n) is 2.21. The van der Waals surface area contributed by atoms with Gasteiger partial charge in [-0.05, 0) is 28.2 Å². The molecule has 2 heteroatoms. The van der Waals surface area contributed by atoms with Crippen LogP contribution in [0, 0.1) is 0 Å². The van der Waals surface area contributed by atoms with Gasteiger partial charge in [-0.3, -0.25) is 0 Å². The van der Waals surface area contributed by atoms with E-state index in [1.165, 1.54) is 16.7 Å². The quantitative estimate of drug-likeness (QED) is 0.840. The van der Waals surface area contributed by atoms with E-state index in [0.717, 1.165) is 18.7 Å². The second-order valence-corrected chi connectivity index (χ2v) is 5.48. The molecule has 2 nitrogen and oxygen atoms in total. The Hall–Kier alpha value is -1.64. The number of aliphatic hydroxyl groups is 1. The molecule has 20 heavy (non-hydrogen) atoms. The third kappa shape index (κ3) is 4.19. The van der Waals surface area contributed by atoms with Crippen LogP contribution in [0.4, 0.5) is 0 Å². The van der Waals surface area contributed by atoms with Crippen LogP contribution < -0.4 is 5.32 Å². The molecule has 2 N–H and O–H groups in total. The molecule has 0 saturated carbocycles. The van der Waals surface area contributed by atoms with Crippen LogP contribution in [-0.4, -0.2) is 5.11 Å². The van der Waals surface area contributed by atoms with Crippen molar-refractivity contribution in [1.29, 1.82) is 0 Å². The molecule has 0 amide bonds. The lowest BCUT2D eigenvalue weighted by atomic mass is 10.0. The molecule has 0 aromatic heterocycles. The third-order valence-electron chi connectivity index (χ3n) is 3.48. The van der Waals surface area contributed by atoms with Crippen molar-refractivity contribution in [3.05, 3.63) is 70.8 Å². The van der Waals surface area contributed by atoms with Crippen LogP contribution in [-0.2, 0) is 19.7 Å². The van der Waals surface area contributed by atoms with E-state index in [2.05, 4.69) is 49.5 Å². The van der Waals surface area contributed by atoms with E-state index in [4.69, 9.17) is 5.11 Å². The Kier molecular flexibility index (Phi) is 5.33. The van der Waals surface area contributed by atoms with Gasteiger partial charge in [0, 0.05) is 13.1 Å². The van der Waals surface area contributed by atoms with Gasteiger partial charge in [-0.15, -0.1) is 0 Å². The first-order chi connectivity index (χ1) is 9.69. The van der Waals surface area contributed by atoms with Gasteiger partial charge in [-0.1, -0.05) is 62.4 Å². The number of hydrogen-bond donors (Lipinski definition) is 2. The van der Waals surface area contributed by atoms with Crippen LogP contribution in [0.2, 0.25) is 0 Å². The molecule has 0 fully saturated rings. The molecule has 0 bridgehead atoms. The minimum Gasteiger partial charge on any atom is -0.392 e. The van der Waals surface area contributed by atoms with E-state index in [1.54, 1.807) is 0 Å². The molecule has 2 rings (SSSR count). The van der Waals surface area contributed by atoms with Gasteiger partial charge in [0.15, 0.2) is 0 Å². The highest BCUT2D eigenvalue weighted by Crippen LogP contribution is 2.14. The van der Waals surface area contributed by atoms with Gasteiger partial charge in [0.05, 0.1) is 6.61 Å². The summed E-state index contributed by atoms with van der Waals surface area (Å²) in [6, 6.07) is 16.8. The van der Waals surface area contributed by atoms with Crippen molar-refractivity contribution < 1.29 is 5.11 Å². The molecule has 0 spiro atoms. The maximum absolute atomic E-state index is 9.12. The van der Waals surface area contributed by atoms with E-state index >= 15 is 0 Å². The highest BCUT2D eigenvalue weighted by atomic mass is 16.3. The van der Waals surface area contributed by atoms with Crippen molar-refractivity contribution in [2.75, 3.05) is 0 Å². The highest BCUT2D eigenvalue weighted by Gasteiger charge is 1.99. The molecule has 0 radical (unpaired) electrons. The zero-order chi connectivity index (χ0) is 14.4. The molecular weight excluding hydrogens is 246 g/mol. The summed E-state index contributed by atoms with van der Waals surface area (Å²) in [7, 11) is 0. The van der Waals surface area contributed by atoms with Gasteiger partial charge >= 0.3 is 0 Å². The summed E-state index contributed by atoms with van der Waals surface area (Å²) in [5, 5.41) is 12.6. The minimum absolute atomic E-state index is 0.102. The second-order valence-electron chi connectivity index (χ2n) is 5.48. The van der Waals surface area contributed by atoms with Crippen LogP contribution in [0.25, 0.3) is 0 Å². The fourth-order valence-corrected chi connectivity index (χ4v) is 2.21. The van der Waals surface area contributed by atoms with Crippen molar-refractivity contribution in [2.45, 2.75) is 39.5 Å².